The Kier molecular flexibility index (Phi) is 7.83. The van der Waals surface area contributed by atoms with Crippen molar-refractivity contribution in [3.05, 3.63) is 52.5 Å². The third kappa shape index (κ3) is 5.77. The monoisotopic (exact) mass is 491 g/mol. The topological polar surface area (TPSA) is 107 Å². The highest BCUT2D eigenvalue weighted by Gasteiger charge is 2.34. The molecule has 11 heteroatoms. The van der Waals surface area contributed by atoms with E-state index in [2.05, 4.69) is 10.4 Å². The first-order valence-corrected chi connectivity index (χ1v) is 11.1. The number of thioether (sulfide) groups is 1. The van der Waals surface area contributed by atoms with Gasteiger partial charge in [-0.2, -0.15) is 0 Å². The Hall–Kier alpha value is -3.24. The molecule has 0 spiro atoms. The van der Waals surface area contributed by atoms with Gasteiger partial charge >= 0.3 is 5.97 Å². The van der Waals surface area contributed by atoms with Crippen molar-refractivity contribution in [2.75, 3.05) is 13.7 Å². The number of hydrazone groups is 1. The Morgan fingerprint density at radius 3 is 2.45 bits per heavy atom. The maximum atomic E-state index is 12.7. The number of rotatable bonds is 6. The molecule has 0 saturated heterocycles. The summed E-state index contributed by atoms with van der Waals surface area (Å²) in [4.78, 5) is 36.2. The number of nitrogens with one attached hydrogen (secondary N) is 1. The number of esters is 1. The highest BCUT2D eigenvalue weighted by atomic mass is 35.5. The van der Waals surface area contributed by atoms with Gasteiger partial charge in [0.05, 0.1) is 24.3 Å². The van der Waals surface area contributed by atoms with Gasteiger partial charge in [-0.25, -0.2) is 9.80 Å². The van der Waals surface area contributed by atoms with Gasteiger partial charge in [0.15, 0.2) is 16.7 Å². The van der Waals surface area contributed by atoms with Crippen LogP contribution in [0.25, 0.3) is 0 Å². The van der Waals surface area contributed by atoms with Crippen molar-refractivity contribution >= 4 is 46.3 Å². The van der Waals surface area contributed by atoms with Gasteiger partial charge in [-0.05, 0) is 48.9 Å². The minimum Gasteiger partial charge on any atom is -0.497 e. The second kappa shape index (κ2) is 10.6. The highest BCUT2D eigenvalue weighted by Crippen LogP contribution is 2.45. The summed E-state index contributed by atoms with van der Waals surface area (Å²) in [6.07, 6.45) is 0. The summed E-state index contributed by atoms with van der Waals surface area (Å²) in [6.45, 7) is 4.78. The number of ether oxygens (including phenoxy) is 3. The quantitative estimate of drug-likeness (QED) is 0.481. The fraction of sp³-hybridized carbons (Fsp3) is 0.273. The number of hydrogen-bond acceptors (Lipinski definition) is 8. The van der Waals surface area contributed by atoms with Crippen LogP contribution in [0.2, 0.25) is 5.02 Å². The Morgan fingerprint density at radius 1 is 1.18 bits per heavy atom. The van der Waals surface area contributed by atoms with E-state index in [9.17, 15) is 14.4 Å². The Morgan fingerprint density at radius 2 is 1.88 bits per heavy atom. The molecule has 9 nitrogen and oxygen atoms in total. The number of amides is 2. The molecule has 2 aromatic carbocycles. The number of hydrogen-bond donors (Lipinski definition) is 1. The molecule has 3 rings (SSSR count). The molecule has 0 unspecified atom stereocenters. The third-order valence-corrected chi connectivity index (χ3v) is 5.77. The normalized spacial score (nSPS) is 15.0. The Balaban J connectivity index is 1.91. The molecule has 0 aliphatic carbocycles. The molecule has 1 heterocycles. The number of benzene rings is 2. The van der Waals surface area contributed by atoms with Crippen LogP contribution in [0.15, 0.2) is 41.5 Å². The number of nitrogens with zero attached hydrogens (tertiary/aromatic N) is 2. The lowest BCUT2D eigenvalue weighted by atomic mass is 10.1. The van der Waals surface area contributed by atoms with Gasteiger partial charge in [0.25, 0.3) is 0 Å². The molecule has 2 aromatic rings. The van der Waals surface area contributed by atoms with Crippen LogP contribution in [-0.2, 0) is 9.59 Å². The summed E-state index contributed by atoms with van der Waals surface area (Å²) >= 11 is 7.65. The molecule has 1 aliphatic rings. The van der Waals surface area contributed by atoms with E-state index in [0.29, 0.717) is 16.9 Å². The summed E-state index contributed by atoms with van der Waals surface area (Å²) in [6, 6.07) is 9.64. The first kappa shape index (κ1) is 24.4. The molecule has 0 radical (unpaired) electrons. The molecule has 1 atom stereocenters. The Bertz CT molecular complexity index is 1110. The van der Waals surface area contributed by atoms with Gasteiger partial charge in [-0.1, -0.05) is 23.4 Å². The molecular formula is C22H22ClN3O6S. The van der Waals surface area contributed by atoms with Crippen molar-refractivity contribution in [3.8, 4) is 17.2 Å². The van der Waals surface area contributed by atoms with Gasteiger partial charge in [0.2, 0.25) is 11.8 Å². The summed E-state index contributed by atoms with van der Waals surface area (Å²) in [7, 11) is 1.53. The first-order valence-electron chi connectivity index (χ1n) is 9.88. The van der Waals surface area contributed by atoms with Crippen molar-refractivity contribution in [2.45, 2.75) is 26.1 Å². The standard InChI is InChI=1S/C22H22ClN3O6S/c1-5-31-18-11-15(20-26(13(3)28)25-22(33-20)24-12(2)27)10-17(23)19(18)32-21(29)14-6-8-16(30-4)9-7-14/h6-11,20H,5H2,1-4H3,(H,24,25,27)/t20-/m0/s1. The number of amidine groups is 1. The average molecular weight is 492 g/mol. The van der Waals surface area contributed by atoms with Crippen molar-refractivity contribution in [1.29, 1.82) is 0 Å². The predicted octanol–water partition coefficient (Wildman–Crippen LogP) is 3.97. The molecule has 1 N–H and O–H groups in total. The maximum Gasteiger partial charge on any atom is 0.343 e. The molecular weight excluding hydrogens is 470 g/mol. The van der Waals surface area contributed by atoms with Gasteiger partial charge < -0.3 is 19.5 Å². The van der Waals surface area contributed by atoms with Crippen molar-refractivity contribution in [2.24, 2.45) is 5.10 Å². The molecule has 174 valence electrons. The van der Waals surface area contributed by atoms with E-state index in [1.54, 1.807) is 43.3 Å². The molecule has 0 aromatic heterocycles. The lowest BCUT2D eigenvalue weighted by molar-refractivity contribution is -0.129. The minimum absolute atomic E-state index is 0.0588. The average Bonchev–Trinajstić information content (AvgIpc) is 3.19. The molecule has 33 heavy (non-hydrogen) atoms. The molecule has 2 amide bonds. The van der Waals surface area contributed by atoms with E-state index < -0.39 is 11.3 Å². The summed E-state index contributed by atoms with van der Waals surface area (Å²) in [5.74, 6) is -0.349. The van der Waals surface area contributed by atoms with Crippen molar-refractivity contribution in [1.82, 2.24) is 10.3 Å². The number of carbonyl (C=O) groups excluding carboxylic acids is 3. The zero-order valence-electron chi connectivity index (χ0n) is 18.4. The zero-order valence-corrected chi connectivity index (χ0v) is 20.0. The smallest absolute Gasteiger partial charge is 0.343 e. The van der Waals surface area contributed by atoms with Gasteiger partial charge in [0.1, 0.15) is 11.1 Å². The predicted molar refractivity (Wildman–Crippen MR) is 125 cm³/mol. The van der Waals surface area contributed by atoms with Crippen LogP contribution >= 0.6 is 23.4 Å². The van der Waals surface area contributed by atoms with E-state index >= 15 is 0 Å². The minimum atomic E-state index is -0.620. The van der Waals surface area contributed by atoms with Crippen LogP contribution in [0.3, 0.4) is 0 Å². The summed E-state index contributed by atoms with van der Waals surface area (Å²) < 4.78 is 16.3. The van der Waals surface area contributed by atoms with E-state index in [4.69, 9.17) is 25.8 Å². The summed E-state index contributed by atoms with van der Waals surface area (Å²) in [5.41, 5.74) is 0.887. The van der Waals surface area contributed by atoms with Crippen LogP contribution in [0.5, 0.6) is 17.2 Å². The van der Waals surface area contributed by atoms with Crippen LogP contribution < -0.4 is 19.5 Å². The van der Waals surface area contributed by atoms with Crippen LogP contribution in [0.1, 0.15) is 42.1 Å². The highest BCUT2D eigenvalue weighted by molar-refractivity contribution is 8.14. The lowest BCUT2D eigenvalue weighted by Gasteiger charge is -2.21. The second-order valence-corrected chi connectivity index (χ2v) is 8.28. The zero-order chi connectivity index (χ0) is 24.1. The van der Waals surface area contributed by atoms with E-state index in [1.807, 2.05) is 0 Å². The second-order valence-electron chi connectivity index (χ2n) is 6.80. The fourth-order valence-corrected chi connectivity index (χ4v) is 4.33. The molecule has 0 fully saturated rings. The van der Waals surface area contributed by atoms with Gasteiger partial charge in [-0.3, -0.25) is 9.59 Å². The lowest BCUT2D eigenvalue weighted by Crippen LogP contribution is -2.25. The molecule has 0 bridgehead atoms. The van der Waals surface area contributed by atoms with Crippen molar-refractivity contribution < 1.29 is 28.6 Å². The number of halogens is 1. The number of methoxy groups -OCH3 is 1. The number of carbonyl (C=O) groups is 3. The third-order valence-electron chi connectivity index (χ3n) is 4.39. The SMILES string of the molecule is CCOc1cc([C@@H]2SC(NC(C)=O)=NN2C(C)=O)cc(Cl)c1OC(=O)c1ccc(OC)cc1. The van der Waals surface area contributed by atoms with Gasteiger partial charge in [0, 0.05) is 13.8 Å². The fourth-order valence-electron chi connectivity index (χ4n) is 2.95. The first-order chi connectivity index (χ1) is 15.7. The largest absolute Gasteiger partial charge is 0.497 e. The van der Waals surface area contributed by atoms with Crippen LogP contribution in [-0.4, -0.2) is 41.7 Å². The molecule has 0 saturated carbocycles. The van der Waals surface area contributed by atoms with Crippen molar-refractivity contribution in [3.63, 3.8) is 0 Å². The molecule has 1 aliphatic heterocycles. The van der Waals surface area contributed by atoms with Crippen LogP contribution in [0.4, 0.5) is 0 Å². The van der Waals surface area contributed by atoms with E-state index in [0.717, 1.165) is 0 Å². The maximum absolute atomic E-state index is 12.7. The van der Waals surface area contributed by atoms with E-state index in [1.165, 1.54) is 37.7 Å². The van der Waals surface area contributed by atoms with Crippen LogP contribution in [0, 0.1) is 0 Å². The summed E-state index contributed by atoms with van der Waals surface area (Å²) in [5, 5.41) is 7.80. The van der Waals surface area contributed by atoms with E-state index in [-0.39, 0.29) is 40.1 Å². The van der Waals surface area contributed by atoms with Gasteiger partial charge in [-0.15, -0.1) is 5.10 Å². The Labute approximate surface area is 200 Å².